The lowest BCUT2D eigenvalue weighted by molar-refractivity contribution is 0.660. The Morgan fingerprint density at radius 3 is 3.00 bits per heavy atom. The Kier molecular flexibility index (Phi) is 4.51. The topological polar surface area (TPSA) is 62.7 Å². The molecule has 0 bridgehead atoms. The van der Waals surface area contributed by atoms with Gasteiger partial charge in [0, 0.05) is 28.5 Å². The lowest BCUT2D eigenvalue weighted by Crippen LogP contribution is -2.16. The maximum absolute atomic E-state index is 11.6. The summed E-state index contributed by atoms with van der Waals surface area (Å²) in [7, 11) is 0. The first-order chi connectivity index (χ1) is 10.2. The first-order valence-electron chi connectivity index (χ1n) is 7.02. The summed E-state index contributed by atoms with van der Waals surface area (Å²) in [6, 6.07) is 7.01. The van der Waals surface area contributed by atoms with E-state index in [2.05, 4.69) is 49.6 Å². The van der Waals surface area contributed by atoms with E-state index in [-0.39, 0.29) is 5.69 Å². The molecule has 0 saturated heterocycles. The molecule has 1 aliphatic rings. The van der Waals surface area contributed by atoms with Gasteiger partial charge in [-0.2, -0.15) is 0 Å². The first-order valence-corrected chi connectivity index (χ1v) is 8.63. The maximum Gasteiger partial charge on any atom is 0.343 e. The molecule has 2 N–H and O–H groups in total. The van der Waals surface area contributed by atoms with Gasteiger partial charge in [-0.05, 0) is 65.2 Å². The fourth-order valence-electron chi connectivity index (χ4n) is 2.05. The molecule has 2 aromatic rings. The standard InChI is InChI=1S/C14H17BrN4OS/c1-2-19-13(20)17-18-14(19)21-12-6-3-9(7-11(12)15)8-16-10-4-5-10/h3,6-7,10,16H,2,4-5,8H2,1H3,(H,17,20). The number of aromatic nitrogens is 3. The Bertz CT molecular complexity index is 693. The molecule has 1 saturated carbocycles. The van der Waals surface area contributed by atoms with Crippen molar-refractivity contribution in [2.75, 3.05) is 0 Å². The zero-order chi connectivity index (χ0) is 14.8. The predicted molar refractivity (Wildman–Crippen MR) is 86.6 cm³/mol. The van der Waals surface area contributed by atoms with Crippen molar-refractivity contribution in [1.82, 2.24) is 20.1 Å². The molecule has 1 aromatic carbocycles. The van der Waals surface area contributed by atoms with Crippen molar-refractivity contribution in [1.29, 1.82) is 0 Å². The molecule has 1 aromatic heterocycles. The molecule has 112 valence electrons. The van der Waals surface area contributed by atoms with E-state index in [9.17, 15) is 4.79 Å². The zero-order valence-corrected chi connectivity index (χ0v) is 14.1. The number of hydrogen-bond donors (Lipinski definition) is 2. The van der Waals surface area contributed by atoms with Gasteiger partial charge in [0.2, 0.25) is 0 Å². The molecule has 1 fully saturated rings. The van der Waals surface area contributed by atoms with Gasteiger partial charge >= 0.3 is 5.69 Å². The van der Waals surface area contributed by atoms with Gasteiger partial charge in [-0.25, -0.2) is 9.89 Å². The van der Waals surface area contributed by atoms with Crippen LogP contribution < -0.4 is 11.0 Å². The molecule has 0 aliphatic heterocycles. The van der Waals surface area contributed by atoms with Crippen LogP contribution in [0.15, 0.2) is 37.5 Å². The third kappa shape index (κ3) is 3.59. The number of halogens is 1. The number of H-pyrrole nitrogens is 1. The van der Waals surface area contributed by atoms with Gasteiger partial charge in [0.05, 0.1) is 0 Å². The fraction of sp³-hybridized carbons (Fsp3) is 0.429. The first kappa shape index (κ1) is 14.9. The fourth-order valence-corrected chi connectivity index (χ4v) is 3.62. The molecular weight excluding hydrogens is 352 g/mol. The summed E-state index contributed by atoms with van der Waals surface area (Å²) < 4.78 is 2.65. The van der Waals surface area contributed by atoms with Crippen LogP contribution in [-0.4, -0.2) is 20.8 Å². The number of aromatic amines is 1. The van der Waals surface area contributed by atoms with E-state index < -0.39 is 0 Å². The van der Waals surface area contributed by atoms with Crippen LogP contribution in [0.2, 0.25) is 0 Å². The molecule has 21 heavy (non-hydrogen) atoms. The van der Waals surface area contributed by atoms with Gasteiger partial charge in [-0.3, -0.25) is 4.57 Å². The van der Waals surface area contributed by atoms with E-state index in [1.165, 1.54) is 30.2 Å². The Balaban J connectivity index is 1.74. The number of hydrogen-bond acceptors (Lipinski definition) is 4. The van der Waals surface area contributed by atoms with E-state index in [1.54, 1.807) is 4.57 Å². The number of benzene rings is 1. The highest BCUT2D eigenvalue weighted by Gasteiger charge is 2.20. The van der Waals surface area contributed by atoms with Gasteiger partial charge in [0.25, 0.3) is 0 Å². The third-order valence-electron chi connectivity index (χ3n) is 3.41. The molecule has 1 aliphatic carbocycles. The van der Waals surface area contributed by atoms with Crippen LogP contribution in [0.4, 0.5) is 0 Å². The molecule has 7 heteroatoms. The summed E-state index contributed by atoms with van der Waals surface area (Å²) >= 11 is 5.09. The van der Waals surface area contributed by atoms with Crippen LogP contribution in [-0.2, 0) is 13.1 Å². The van der Waals surface area contributed by atoms with Gasteiger partial charge in [-0.15, -0.1) is 5.10 Å². The lowest BCUT2D eigenvalue weighted by Gasteiger charge is -2.08. The number of nitrogens with zero attached hydrogens (tertiary/aromatic N) is 2. The molecule has 1 heterocycles. The Morgan fingerprint density at radius 2 is 2.33 bits per heavy atom. The SMILES string of the molecule is CCn1c(Sc2ccc(CNC3CC3)cc2Br)n[nH]c1=O. The summed E-state index contributed by atoms with van der Waals surface area (Å²) in [5.74, 6) is 0. The highest BCUT2D eigenvalue weighted by Crippen LogP contribution is 2.32. The summed E-state index contributed by atoms with van der Waals surface area (Å²) in [4.78, 5) is 12.6. The Morgan fingerprint density at radius 1 is 1.52 bits per heavy atom. The zero-order valence-electron chi connectivity index (χ0n) is 11.7. The van der Waals surface area contributed by atoms with Crippen LogP contribution in [0.3, 0.4) is 0 Å². The van der Waals surface area contributed by atoms with Crippen molar-refractivity contribution in [3.05, 3.63) is 38.7 Å². The van der Waals surface area contributed by atoms with Crippen molar-refractivity contribution < 1.29 is 0 Å². The molecule has 0 radical (unpaired) electrons. The summed E-state index contributed by atoms with van der Waals surface area (Å²) in [5.41, 5.74) is 1.09. The highest BCUT2D eigenvalue weighted by molar-refractivity contribution is 9.10. The minimum Gasteiger partial charge on any atom is -0.310 e. The molecular formula is C14H17BrN4OS. The molecule has 3 rings (SSSR count). The second kappa shape index (κ2) is 6.37. The smallest absolute Gasteiger partial charge is 0.310 e. The summed E-state index contributed by atoms with van der Waals surface area (Å²) in [6.07, 6.45) is 2.59. The second-order valence-corrected chi connectivity index (χ2v) is 6.94. The molecule has 0 unspecified atom stereocenters. The van der Waals surface area contributed by atoms with Crippen molar-refractivity contribution in [3.8, 4) is 0 Å². The van der Waals surface area contributed by atoms with Crippen molar-refractivity contribution in [2.24, 2.45) is 0 Å². The van der Waals surface area contributed by atoms with Gasteiger partial charge in [0.1, 0.15) is 0 Å². The van der Waals surface area contributed by atoms with E-state index in [1.807, 2.05) is 6.92 Å². The van der Waals surface area contributed by atoms with E-state index in [0.29, 0.717) is 17.7 Å². The monoisotopic (exact) mass is 368 g/mol. The van der Waals surface area contributed by atoms with E-state index >= 15 is 0 Å². The van der Waals surface area contributed by atoms with Crippen molar-refractivity contribution in [3.63, 3.8) is 0 Å². The third-order valence-corrected chi connectivity index (χ3v) is 5.40. The van der Waals surface area contributed by atoms with Crippen LogP contribution in [0.1, 0.15) is 25.3 Å². The van der Waals surface area contributed by atoms with Gasteiger partial charge < -0.3 is 5.32 Å². The van der Waals surface area contributed by atoms with Crippen molar-refractivity contribution in [2.45, 2.75) is 48.9 Å². The largest absolute Gasteiger partial charge is 0.343 e. The lowest BCUT2D eigenvalue weighted by atomic mass is 10.2. The Hall–Kier alpha value is -1.05. The van der Waals surface area contributed by atoms with Gasteiger partial charge in [0.15, 0.2) is 5.16 Å². The molecule has 0 amide bonds. The maximum atomic E-state index is 11.6. The quantitative estimate of drug-likeness (QED) is 0.822. The molecule has 0 spiro atoms. The predicted octanol–water partition coefficient (Wildman–Crippen LogP) is 2.76. The molecule has 5 nitrogen and oxygen atoms in total. The van der Waals surface area contributed by atoms with Crippen LogP contribution in [0.25, 0.3) is 0 Å². The van der Waals surface area contributed by atoms with Crippen LogP contribution in [0, 0.1) is 0 Å². The van der Waals surface area contributed by atoms with Crippen LogP contribution >= 0.6 is 27.7 Å². The number of rotatable bonds is 6. The van der Waals surface area contributed by atoms with Crippen LogP contribution in [0.5, 0.6) is 0 Å². The normalized spacial score (nSPS) is 14.6. The average Bonchev–Trinajstić information content (AvgIpc) is 3.23. The Labute approximate surface area is 135 Å². The minimum absolute atomic E-state index is 0.165. The minimum atomic E-state index is -0.165. The summed E-state index contributed by atoms with van der Waals surface area (Å²) in [5, 5.41) is 10.7. The average molecular weight is 369 g/mol. The van der Waals surface area contributed by atoms with E-state index in [4.69, 9.17) is 0 Å². The summed E-state index contributed by atoms with van der Waals surface area (Å²) in [6.45, 7) is 3.44. The van der Waals surface area contributed by atoms with Crippen molar-refractivity contribution >= 4 is 27.7 Å². The highest BCUT2D eigenvalue weighted by atomic mass is 79.9. The number of nitrogens with one attached hydrogen (secondary N) is 2. The molecule has 0 atom stereocenters. The van der Waals surface area contributed by atoms with Gasteiger partial charge in [-0.1, -0.05) is 6.07 Å². The van der Waals surface area contributed by atoms with E-state index in [0.717, 1.165) is 15.9 Å². The second-order valence-electron chi connectivity index (χ2n) is 5.08.